The molecular formula is C16H17N3O4. The van der Waals surface area contributed by atoms with Gasteiger partial charge in [-0.1, -0.05) is 0 Å². The Kier molecular flexibility index (Phi) is 4.80. The first-order valence-electron chi connectivity index (χ1n) is 6.74. The highest BCUT2D eigenvalue weighted by Crippen LogP contribution is 2.30. The van der Waals surface area contributed by atoms with Crippen LogP contribution in [0.1, 0.15) is 0 Å². The Bertz CT molecular complexity index is 882. The minimum atomic E-state index is -0.500. The Labute approximate surface area is 132 Å². The highest BCUT2D eigenvalue weighted by atomic mass is 16.5. The molecule has 0 amide bonds. The number of rotatable bonds is 1. The number of hydrogen-bond acceptors (Lipinski definition) is 6. The van der Waals surface area contributed by atoms with E-state index in [9.17, 15) is 0 Å². The van der Waals surface area contributed by atoms with E-state index in [0.717, 1.165) is 22.3 Å². The van der Waals surface area contributed by atoms with Gasteiger partial charge in [0.25, 0.3) is 0 Å². The zero-order valence-electron chi connectivity index (χ0n) is 13.1. The van der Waals surface area contributed by atoms with Crippen molar-refractivity contribution in [2.75, 3.05) is 26.9 Å². The third-order valence-electron chi connectivity index (χ3n) is 3.23. The monoisotopic (exact) mass is 315 g/mol. The summed E-state index contributed by atoms with van der Waals surface area (Å²) in [7, 11) is 5.55. The molecule has 120 valence electrons. The van der Waals surface area contributed by atoms with Crippen LogP contribution in [0, 0.1) is 0 Å². The van der Waals surface area contributed by atoms with Crippen molar-refractivity contribution in [1.29, 1.82) is 0 Å². The number of fused-ring (bicyclic) bond motifs is 2. The number of nitrogen functional groups attached to an aromatic ring is 1. The molecule has 1 aliphatic heterocycles. The molecule has 2 N–H and O–H groups in total. The molecule has 0 bridgehead atoms. The van der Waals surface area contributed by atoms with Gasteiger partial charge in [0, 0.05) is 24.7 Å². The van der Waals surface area contributed by atoms with Crippen LogP contribution in [-0.2, 0) is 4.79 Å². The fourth-order valence-corrected chi connectivity index (χ4v) is 2.11. The van der Waals surface area contributed by atoms with E-state index in [1.165, 1.54) is 0 Å². The second-order valence-electron chi connectivity index (χ2n) is 4.92. The average molecular weight is 315 g/mol. The molecule has 0 unspecified atom stereocenters. The van der Waals surface area contributed by atoms with Gasteiger partial charge in [-0.25, -0.2) is 9.56 Å². The lowest BCUT2D eigenvalue weighted by atomic mass is 10.2. The van der Waals surface area contributed by atoms with Crippen molar-refractivity contribution in [3.8, 4) is 17.2 Å². The molecule has 0 aromatic heterocycles. The van der Waals surface area contributed by atoms with Gasteiger partial charge in [-0.05, 0) is 6.07 Å². The minimum Gasteiger partial charge on any atom is -0.554 e. The summed E-state index contributed by atoms with van der Waals surface area (Å²) in [5, 5.41) is 9.31. The Morgan fingerprint density at radius 2 is 2.00 bits per heavy atom. The SMILES string of the molecule is COc1cc2nc3ccc(=[N+](C)C)cc-3oc2cc1N.O=C[O-]. The number of nitrogens with zero attached hydrogens (tertiary/aromatic N) is 2. The molecule has 7 nitrogen and oxygen atoms in total. The van der Waals surface area contributed by atoms with E-state index in [1.807, 2.05) is 36.9 Å². The van der Waals surface area contributed by atoms with Gasteiger partial charge in [0.05, 0.1) is 18.9 Å². The van der Waals surface area contributed by atoms with Crippen molar-refractivity contribution in [3.05, 3.63) is 35.7 Å². The lowest BCUT2D eigenvalue weighted by molar-refractivity contribution is -0.283. The van der Waals surface area contributed by atoms with E-state index in [2.05, 4.69) is 4.98 Å². The van der Waals surface area contributed by atoms with E-state index >= 15 is 0 Å². The average Bonchev–Trinajstić information content (AvgIpc) is 2.52. The first-order valence-corrected chi connectivity index (χ1v) is 6.74. The molecule has 1 aromatic carbocycles. The van der Waals surface area contributed by atoms with Gasteiger partial charge in [0.2, 0.25) is 5.36 Å². The molecule has 1 aliphatic carbocycles. The Morgan fingerprint density at radius 1 is 1.30 bits per heavy atom. The predicted molar refractivity (Wildman–Crippen MR) is 84.8 cm³/mol. The summed E-state index contributed by atoms with van der Waals surface area (Å²) in [5.41, 5.74) is 8.60. The number of methoxy groups -OCH3 is 1. The van der Waals surface area contributed by atoms with Crippen LogP contribution in [0.5, 0.6) is 5.75 Å². The molecule has 7 heteroatoms. The minimum absolute atomic E-state index is 0.500. The van der Waals surface area contributed by atoms with Crippen LogP contribution in [-0.4, -0.2) is 32.7 Å². The molecule has 2 aliphatic rings. The molecule has 23 heavy (non-hydrogen) atoms. The van der Waals surface area contributed by atoms with Crippen LogP contribution in [0.25, 0.3) is 22.6 Å². The first kappa shape index (κ1) is 16.3. The summed E-state index contributed by atoms with van der Waals surface area (Å²) < 4.78 is 13.1. The number of nitrogens with two attached hydrogens (primary N) is 1. The number of carbonyl (C=O) groups is 1. The molecule has 0 saturated carbocycles. The summed E-state index contributed by atoms with van der Waals surface area (Å²) in [4.78, 5) is 12.8. The number of carboxylic acid groups (broad SMARTS) is 1. The molecule has 0 fully saturated rings. The van der Waals surface area contributed by atoms with E-state index in [0.29, 0.717) is 17.0 Å². The molecule has 3 rings (SSSR count). The lowest BCUT2D eigenvalue weighted by Crippen LogP contribution is -2.21. The van der Waals surface area contributed by atoms with E-state index in [1.54, 1.807) is 19.2 Å². The quantitative estimate of drug-likeness (QED) is 0.291. The van der Waals surface area contributed by atoms with Gasteiger partial charge in [-0.3, -0.25) is 0 Å². The largest absolute Gasteiger partial charge is 0.554 e. The highest BCUT2D eigenvalue weighted by Gasteiger charge is 2.12. The first-order chi connectivity index (χ1) is 11.0. The van der Waals surface area contributed by atoms with Crippen LogP contribution in [0.15, 0.2) is 34.7 Å². The van der Waals surface area contributed by atoms with E-state index in [-0.39, 0.29) is 0 Å². The van der Waals surface area contributed by atoms with Crippen molar-refractivity contribution in [1.82, 2.24) is 9.56 Å². The third-order valence-corrected chi connectivity index (χ3v) is 3.23. The van der Waals surface area contributed by atoms with Crippen LogP contribution in [0.2, 0.25) is 0 Å². The molecule has 0 radical (unpaired) electrons. The number of carbonyl (C=O) groups excluding carboxylic acids is 1. The maximum Gasteiger partial charge on any atom is 0.203 e. The topological polar surface area (TPSA) is 104 Å². The Hall–Kier alpha value is -3.09. The predicted octanol–water partition coefficient (Wildman–Crippen LogP) is -0.0787. The summed E-state index contributed by atoms with van der Waals surface area (Å²) in [6, 6.07) is 9.43. The van der Waals surface area contributed by atoms with Gasteiger partial charge in [-0.15, -0.1) is 0 Å². The summed E-state index contributed by atoms with van der Waals surface area (Å²) in [6.45, 7) is -0.500. The van der Waals surface area contributed by atoms with Crippen molar-refractivity contribution in [2.45, 2.75) is 0 Å². The number of benzene rings is 2. The van der Waals surface area contributed by atoms with Crippen molar-refractivity contribution in [2.24, 2.45) is 0 Å². The second kappa shape index (κ2) is 6.78. The number of ether oxygens (including phenoxy) is 1. The van der Waals surface area contributed by atoms with Gasteiger partial charge in [0.1, 0.15) is 31.1 Å². The zero-order valence-corrected chi connectivity index (χ0v) is 13.1. The summed E-state index contributed by atoms with van der Waals surface area (Å²) in [6.07, 6.45) is 0. The maximum absolute atomic E-state index is 8.25. The molecule has 1 heterocycles. The fraction of sp³-hybridized carbons (Fsp3) is 0.188. The normalized spacial score (nSPS) is 10.0. The highest BCUT2D eigenvalue weighted by molar-refractivity contribution is 5.82. The number of hydrogen-bond donors (Lipinski definition) is 1. The van der Waals surface area contributed by atoms with E-state index < -0.39 is 6.47 Å². The fourth-order valence-electron chi connectivity index (χ4n) is 2.11. The maximum atomic E-state index is 8.25. The molecule has 0 spiro atoms. The van der Waals surface area contributed by atoms with Gasteiger partial charge in [0.15, 0.2) is 11.3 Å². The molecule has 0 atom stereocenters. The van der Waals surface area contributed by atoms with Crippen LogP contribution >= 0.6 is 0 Å². The van der Waals surface area contributed by atoms with Crippen molar-refractivity contribution < 1.29 is 19.1 Å². The number of anilines is 1. The Balaban J connectivity index is 0.000000595. The van der Waals surface area contributed by atoms with Crippen molar-refractivity contribution >= 4 is 23.3 Å². The third kappa shape index (κ3) is 3.39. The summed E-state index contributed by atoms with van der Waals surface area (Å²) in [5.74, 6) is 1.33. The zero-order chi connectivity index (χ0) is 17.0. The second-order valence-corrected chi connectivity index (χ2v) is 4.92. The van der Waals surface area contributed by atoms with Gasteiger partial charge < -0.3 is 24.8 Å². The van der Waals surface area contributed by atoms with Gasteiger partial charge >= 0.3 is 0 Å². The number of aromatic nitrogens is 1. The molecular weight excluding hydrogens is 298 g/mol. The van der Waals surface area contributed by atoms with Crippen LogP contribution in [0.3, 0.4) is 0 Å². The standard InChI is InChI=1S/C15H15N3O2.CH2O2/c1-18(2)9-4-5-11-14(6-9)20-15-7-10(16)13(19-3)8-12(15)17-11;2-1-3/h4-8,16H,1-3H3;1H,(H,2,3). The molecule has 1 aromatic rings. The smallest absolute Gasteiger partial charge is 0.203 e. The van der Waals surface area contributed by atoms with E-state index in [4.69, 9.17) is 24.8 Å². The Morgan fingerprint density at radius 3 is 2.61 bits per heavy atom. The van der Waals surface area contributed by atoms with Crippen molar-refractivity contribution in [3.63, 3.8) is 0 Å². The van der Waals surface area contributed by atoms with Crippen LogP contribution < -0.4 is 25.5 Å². The molecule has 0 saturated heterocycles. The summed E-state index contributed by atoms with van der Waals surface area (Å²) >= 11 is 0. The lowest BCUT2D eigenvalue weighted by Gasteiger charge is -2.08. The van der Waals surface area contributed by atoms with Crippen LogP contribution in [0.4, 0.5) is 5.69 Å². The van der Waals surface area contributed by atoms with Gasteiger partial charge in [-0.2, -0.15) is 0 Å².